The largest absolute Gasteiger partial charge is 0.370 e. The molecule has 1 aliphatic carbocycles. The van der Waals surface area contributed by atoms with Gasteiger partial charge in [-0.25, -0.2) is 4.39 Å². The molecule has 0 heterocycles. The molecule has 0 aliphatic heterocycles. The molecule has 0 aromatic heterocycles. The molecule has 0 atom stereocenters. The molecule has 2 nitrogen and oxygen atoms in total. The van der Waals surface area contributed by atoms with Crippen LogP contribution >= 0.6 is 0 Å². The highest BCUT2D eigenvalue weighted by molar-refractivity contribution is 5.89. The third-order valence-electron chi connectivity index (χ3n) is 4.56. The van der Waals surface area contributed by atoms with Crippen LogP contribution in [0.25, 0.3) is 0 Å². The molecule has 0 saturated heterocycles. The van der Waals surface area contributed by atoms with Crippen LogP contribution in [-0.2, 0) is 16.0 Å². The number of methoxy groups -OCH3 is 1. The van der Waals surface area contributed by atoms with E-state index in [9.17, 15) is 9.18 Å². The van der Waals surface area contributed by atoms with Gasteiger partial charge in [0.25, 0.3) is 0 Å². The van der Waals surface area contributed by atoms with Crippen molar-refractivity contribution in [3.63, 3.8) is 0 Å². The molecule has 0 unspecified atom stereocenters. The molecule has 1 aromatic carbocycles. The zero-order chi connectivity index (χ0) is 14.8. The van der Waals surface area contributed by atoms with Gasteiger partial charge in [0.05, 0.1) is 0 Å². The average Bonchev–Trinajstić information content (AvgIpc) is 2.39. The molecule has 2 rings (SSSR count). The summed E-state index contributed by atoms with van der Waals surface area (Å²) in [6.07, 6.45) is 3.72. The van der Waals surface area contributed by atoms with Crippen molar-refractivity contribution in [2.75, 3.05) is 7.11 Å². The lowest BCUT2D eigenvalue weighted by Gasteiger charge is -2.41. The van der Waals surface area contributed by atoms with E-state index >= 15 is 0 Å². The van der Waals surface area contributed by atoms with Crippen molar-refractivity contribution in [3.05, 3.63) is 35.6 Å². The molecule has 1 saturated carbocycles. The maximum atomic E-state index is 13.2. The van der Waals surface area contributed by atoms with Crippen molar-refractivity contribution >= 4 is 5.78 Å². The van der Waals surface area contributed by atoms with Crippen molar-refractivity contribution in [3.8, 4) is 0 Å². The van der Waals surface area contributed by atoms with Gasteiger partial charge in [0.15, 0.2) is 5.78 Å². The van der Waals surface area contributed by atoms with Crippen molar-refractivity contribution in [2.24, 2.45) is 5.41 Å². The number of ketones is 1. The first-order valence-corrected chi connectivity index (χ1v) is 7.20. The first-order valence-electron chi connectivity index (χ1n) is 7.20. The highest BCUT2D eigenvalue weighted by atomic mass is 19.1. The van der Waals surface area contributed by atoms with Crippen LogP contribution < -0.4 is 0 Å². The second kappa shape index (κ2) is 5.65. The number of Topliss-reactive ketones (excluding diaryl/α,β-unsaturated/α-hetero) is 1. The van der Waals surface area contributed by atoms with Gasteiger partial charge in [-0.15, -0.1) is 0 Å². The summed E-state index contributed by atoms with van der Waals surface area (Å²) < 4.78 is 18.8. The van der Waals surface area contributed by atoms with E-state index in [1.54, 1.807) is 19.2 Å². The van der Waals surface area contributed by atoms with Crippen LogP contribution in [0.15, 0.2) is 24.3 Å². The van der Waals surface area contributed by atoms with E-state index in [2.05, 4.69) is 13.8 Å². The maximum Gasteiger partial charge on any atom is 0.168 e. The Morgan fingerprint density at radius 1 is 1.25 bits per heavy atom. The summed E-state index contributed by atoms with van der Waals surface area (Å²) in [5.74, 6) is -0.229. The van der Waals surface area contributed by atoms with E-state index in [1.807, 2.05) is 0 Å². The summed E-state index contributed by atoms with van der Waals surface area (Å²) in [4.78, 5) is 12.6. The van der Waals surface area contributed by atoms with Gasteiger partial charge in [-0.05, 0) is 48.8 Å². The quantitative estimate of drug-likeness (QED) is 0.834. The number of ether oxygens (including phenoxy) is 1. The maximum absolute atomic E-state index is 13.2. The summed E-state index contributed by atoms with van der Waals surface area (Å²) in [6, 6.07) is 6.25. The fourth-order valence-corrected chi connectivity index (χ4v) is 2.92. The van der Waals surface area contributed by atoms with Gasteiger partial charge < -0.3 is 4.74 Å². The fourth-order valence-electron chi connectivity index (χ4n) is 2.92. The Morgan fingerprint density at radius 3 is 2.45 bits per heavy atom. The van der Waals surface area contributed by atoms with Gasteiger partial charge in [-0.2, -0.15) is 0 Å². The van der Waals surface area contributed by atoms with Gasteiger partial charge in [0.1, 0.15) is 11.4 Å². The first-order chi connectivity index (χ1) is 9.37. The van der Waals surface area contributed by atoms with E-state index in [4.69, 9.17) is 4.74 Å². The molecule has 1 aromatic rings. The minimum atomic E-state index is -0.679. The second-order valence-electron chi connectivity index (χ2n) is 6.59. The molecular weight excluding hydrogens is 255 g/mol. The zero-order valence-corrected chi connectivity index (χ0v) is 12.5. The van der Waals surface area contributed by atoms with Crippen molar-refractivity contribution in [1.29, 1.82) is 0 Å². The highest BCUT2D eigenvalue weighted by Crippen LogP contribution is 2.42. The number of carbonyl (C=O) groups is 1. The van der Waals surface area contributed by atoms with Crippen LogP contribution in [0.4, 0.5) is 4.39 Å². The molecule has 0 spiro atoms. The summed E-state index contributed by atoms with van der Waals surface area (Å²) in [5.41, 5.74) is 0.319. The number of carbonyl (C=O) groups excluding carboxylic acids is 1. The van der Waals surface area contributed by atoms with Gasteiger partial charge in [0, 0.05) is 13.5 Å². The number of hydrogen-bond acceptors (Lipinski definition) is 2. The number of halogens is 1. The monoisotopic (exact) mass is 278 g/mol. The Balaban J connectivity index is 2.10. The van der Waals surface area contributed by atoms with Crippen molar-refractivity contribution in [1.82, 2.24) is 0 Å². The SMILES string of the molecule is COC1(C(=O)Cc2cccc(F)c2)CCC(C)(C)CC1. The minimum Gasteiger partial charge on any atom is -0.370 e. The Morgan fingerprint density at radius 2 is 1.90 bits per heavy atom. The Hall–Kier alpha value is -1.22. The average molecular weight is 278 g/mol. The third-order valence-corrected chi connectivity index (χ3v) is 4.56. The van der Waals surface area contributed by atoms with Crippen LogP contribution in [0.3, 0.4) is 0 Å². The normalized spacial score (nSPS) is 20.6. The molecular formula is C17H23FO2. The lowest BCUT2D eigenvalue weighted by molar-refractivity contribution is -0.147. The fraction of sp³-hybridized carbons (Fsp3) is 0.588. The predicted molar refractivity (Wildman–Crippen MR) is 77.1 cm³/mol. The standard InChI is InChI=1S/C17H23FO2/c1-16(2)7-9-17(20-3,10-8-16)15(19)12-13-5-4-6-14(18)11-13/h4-6,11H,7-10,12H2,1-3H3. The van der Waals surface area contributed by atoms with Gasteiger partial charge in [-0.1, -0.05) is 26.0 Å². The summed E-state index contributed by atoms with van der Waals surface area (Å²) in [7, 11) is 1.61. The molecule has 1 aliphatic rings. The zero-order valence-electron chi connectivity index (χ0n) is 12.5. The second-order valence-corrected chi connectivity index (χ2v) is 6.59. The molecule has 110 valence electrons. The van der Waals surface area contributed by atoms with E-state index in [0.717, 1.165) is 31.2 Å². The van der Waals surface area contributed by atoms with Gasteiger partial charge in [0.2, 0.25) is 0 Å². The number of benzene rings is 1. The smallest absolute Gasteiger partial charge is 0.168 e. The highest BCUT2D eigenvalue weighted by Gasteiger charge is 2.43. The molecule has 0 radical (unpaired) electrons. The van der Waals surface area contributed by atoms with E-state index in [1.165, 1.54) is 12.1 Å². The third kappa shape index (κ3) is 3.26. The molecule has 0 amide bonds. The van der Waals surface area contributed by atoms with Crippen LogP contribution in [0.1, 0.15) is 45.1 Å². The van der Waals surface area contributed by atoms with E-state index in [-0.39, 0.29) is 23.4 Å². The summed E-state index contributed by atoms with van der Waals surface area (Å²) in [6.45, 7) is 4.45. The van der Waals surface area contributed by atoms with Crippen LogP contribution in [0.5, 0.6) is 0 Å². The molecule has 0 bridgehead atoms. The Kier molecular flexibility index (Phi) is 4.28. The van der Waals surface area contributed by atoms with Crippen LogP contribution in [-0.4, -0.2) is 18.5 Å². The topological polar surface area (TPSA) is 26.3 Å². The van der Waals surface area contributed by atoms with Gasteiger partial charge >= 0.3 is 0 Å². The minimum absolute atomic E-state index is 0.0705. The van der Waals surface area contributed by atoms with Crippen LogP contribution in [0.2, 0.25) is 0 Å². The lowest BCUT2D eigenvalue weighted by Crippen LogP contribution is -2.46. The van der Waals surface area contributed by atoms with Gasteiger partial charge in [-0.3, -0.25) is 4.79 Å². The van der Waals surface area contributed by atoms with Crippen molar-refractivity contribution in [2.45, 2.75) is 51.6 Å². The summed E-state index contributed by atoms with van der Waals surface area (Å²) >= 11 is 0. The molecule has 1 fully saturated rings. The van der Waals surface area contributed by atoms with E-state index < -0.39 is 5.60 Å². The first kappa shape index (κ1) is 15.2. The summed E-state index contributed by atoms with van der Waals surface area (Å²) in [5, 5.41) is 0. The molecule has 20 heavy (non-hydrogen) atoms. The molecule has 3 heteroatoms. The van der Waals surface area contributed by atoms with Crippen molar-refractivity contribution < 1.29 is 13.9 Å². The molecule has 0 N–H and O–H groups in total. The number of rotatable bonds is 4. The number of hydrogen-bond donors (Lipinski definition) is 0. The lowest BCUT2D eigenvalue weighted by atomic mass is 9.69. The Bertz CT molecular complexity index is 484. The van der Waals surface area contributed by atoms with Crippen LogP contribution in [0, 0.1) is 11.2 Å². The predicted octanol–water partition coefficient (Wildman–Crippen LogP) is 3.92. The Labute approximate surface area is 120 Å². The van der Waals surface area contributed by atoms with E-state index in [0.29, 0.717) is 0 Å².